The van der Waals surface area contributed by atoms with Crippen LogP contribution in [0.25, 0.3) is 0 Å². The lowest BCUT2D eigenvalue weighted by molar-refractivity contribution is -0.122. The number of carbonyl (C=O) groups excluding carboxylic acids is 1. The molecule has 0 aromatic heterocycles. The van der Waals surface area contributed by atoms with Crippen LogP contribution in [0, 0.1) is 0 Å². The number of hydrogen-bond donors (Lipinski definition) is 1. The van der Waals surface area contributed by atoms with Crippen LogP contribution in [0.4, 0.5) is 0 Å². The molecule has 116 valence electrons. The summed E-state index contributed by atoms with van der Waals surface area (Å²) in [5.74, 6) is 0.0840. The monoisotopic (exact) mass is 289 g/mol. The topological polar surface area (TPSA) is 35.6 Å². The highest BCUT2D eigenvalue weighted by molar-refractivity contribution is 5.78. The van der Waals surface area contributed by atoms with Crippen molar-refractivity contribution in [2.45, 2.75) is 31.8 Å². The quantitative estimate of drug-likeness (QED) is 0.868. The molecule has 2 unspecified atom stereocenters. The molecule has 2 atom stereocenters. The molecule has 0 saturated carbocycles. The summed E-state index contributed by atoms with van der Waals surface area (Å²) in [6.45, 7) is 4.73. The van der Waals surface area contributed by atoms with Crippen molar-refractivity contribution in [2.24, 2.45) is 0 Å². The van der Waals surface area contributed by atoms with Gasteiger partial charge in [-0.05, 0) is 46.0 Å². The minimum Gasteiger partial charge on any atom is -0.347 e. The van der Waals surface area contributed by atoms with Crippen LogP contribution in [-0.2, 0) is 4.79 Å². The average Bonchev–Trinajstić information content (AvgIpc) is 2.84. The van der Waals surface area contributed by atoms with Crippen molar-refractivity contribution in [1.82, 2.24) is 15.1 Å². The zero-order valence-electron chi connectivity index (χ0n) is 13.4. The molecule has 1 amide bonds. The van der Waals surface area contributed by atoms with E-state index in [1.54, 1.807) is 0 Å². The summed E-state index contributed by atoms with van der Waals surface area (Å²) in [6, 6.07) is 11.0. The number of likely N-dealkylation sites (tertiary alicyclic amines) is 1. The van der Waals surface area contributed by atoms with E-state index in [0.29, 0.717) is 12.6 Å². The van der Waals surface area contributed by atoms with Gasteiger partial charge >= 0.3 is 0 Å². The second-order valence-electron chi connectivity index (χ2n) is 6.25. The maximum atomic E-state index is 12.1. The molecule has 1 N–H and O–H groups in total. The van der Waals surface area contributed by atoms with Gasteiger partial charge in [0.25, 0.3) is 0 Å². The van der Waals surface area contributed by atoms with Crippen molar-refractivity contribution < 1.29 is 4.79 Å². The van der Waals surface area contributed by atoms with Gasteiger partial charge in [0.05, 0.1) is 12.6 Å². The number of hydrogen-bond acceptors (Lipinski definition) is 3. The van der Waals surface area contributed by atoms with Gasteiger partial charge in [-0.3, -0.25) is 9.69 Å². The van der Waals surface area contributed by atoms with E-state index in [1.807, 2.05) is 37.2 Å². The van der Waals surface area contributed by atoms with Gasteiger partial charge in [0.2, 0.25) is 5.91 Å². The smallest absolute Gasteiger partial charge is 0.234 e. The molecule has 1 heterocycles. The number of likely N-dealkylation sites (N-methyl/N-ethyl adjacent to an activating group) is 1. The van der Waals surface area contributed by atoms with Gasteiger partial charge in [-0.15, -0.1) is 0 Å². The van der Waals surface area contributed by atoms with E-state index in [-0.39, 0.29) is 11.9 Å². The number of nitrogens with one attached hydrogen (secondary N) is 1. The van der Waals surface area contributed by atoms with Crippen LogP contribution in [0.2, 0.25) is 0 Å². The standard InChI is InChI=1S/C17H27N3O/c1-14-8-7-11-20(14)12-16(15-9-5-4-6-10-15)18-17(21)13-19(2)3/h4-6,9-10,14,16H,7-8,11-13H2,1-3H3,(H,18,21). The first-order valence-corrected chi connectivity index (χ1v) is 7.79. The van der Waals surface area contributed by atoms with E-state index in [4.69, 9.17) is 0 Å². The van der Waals surface area contributed by atoms with Gasteiger partial charge in [0, 0.05) is 12.6 Å². The number of nitrogens with zero attached hydrogens (tertiary/aromatic N) is 2. The van der Waals surface area contributed by atoms with Crippen molar-refractivity contribution in [3.63, 3.8) is 0 Å². The minimum absolute atomic E-state index is 0.0687. The van der Waals surface area contributed by atoms with Crippen molar-refractivity contribution >= 4 is 5.91 Å². The Morgan fingerprint density at radius 2 is 2.10 bits per heavy atom. The van der Waals surface area contributed by atoms with Crippen LogP contribution in [0.5, 0.6) is 0 Å². The SMILES string of the molecule is CC1CCCN1CC(NC(=O)CN(C)C)c1ccccc1. The Bertz CT molecular complexity index is 447. The maximum Gasteiger partial charge on any atom is 0.234 e. The van der Waals surface area contributed by atoms with E-state index in [1.165, 1.54) is 18.4 Å². The van der Waals surface area contributed by atoms with Gasteiger partial charge in [-0.25, -0.2) is 0 Å². The van der Waals surface area contributed by atoms with Crippen LogP contribution in [0.3, 0.4) is 0 Å². The molecule has 2 rings (SSSR count). The van der Waals surface area contributed by atoms with Crippen LogP contribution in [-0.4, -0.2) is 55.5 Å². The van der Waals surface area contributed by atoms with Crippen molar-refractivity contribution in [3.8, 4) is 0 Å². The molecule has 21 heavy (non-hydrogen) atoms. The van der Waals surface area contributed by atoms with E-state index in [2.05, 4.69) is 29.3 Å². The minimum atomic E-state index is 0.0687. The van der Waals surface area contributed by atoms with Crippen molar-refractivity contribution in [3.05, 3.63) is 35.9 Å². The Hall–Kier alpha value is -1.39. The first-order valence-electron chi connectivity index (χ1n) is 7.79. The number of amides is 1. The van der Waals surface area contributed by atoms with Crippen LogP contribution in [0.1, 0.15) is 31.4 Å². The van der Waals surface area contributed by atoms with E-state index in [0.717, 1.165) is 13.1 Å². The second-order valence-corrected chi connectivity index (χ2v) is 6.25. The number of rotatable bonds is 6. The van der Waals surface area contributed by atoms with Crippen molar-refractivity contribution in [2.75, 3.05) is 33.7 Å². The summed E-state index contributed by atoms with van der Waals surface area (Å²) in [6.07, 6.45) is 2.52. The molecule has 4 nitrogen and oxygen atoms in total. The van der Waals surface area contributed by atoms with Gasteiger partial charge in [-0.1, -0.05) is 30.3 Å². The third-order valence-electron chi connectivity index (χ3n) is 4.10. The van der Waals surface area contributed by atoms with Crippen molar-refractivity contribution in [1.29, 1.82) is 0 Å². The molecule has 1 saturated heterocycles. The average molecular weight is 289 g/mol. The molecule has 0 radical (unpaired) electrons. The number of benzene rings is 1. The summed E-state index contributed by atoms with van der Waals surface area (Å²) < 4.78 is 0. The third-order valence-corrected chi connectivity index (χ3v) is 4.10. The second kappa shape index (κ2) is 7.57. The predicted octanol–water partition coefficient (Wildman–Crippen LogP) is 1.89. The molecule has 1 aliphatic heterocycles. The molecular weight excluding hydrogens is 262 g/mol. The lowest BCUT2D eigenvalue weighted by Crippen LogP contribution is -2.42. The zero-order valence-corrected chi connectivity index (χ0v) is 13.4. The Morgan fingerprint density at radius 1 is 1.38 bits per heavy atom. The zero-order chi connectivity index (χ0) is 15.2. The molecule has 4 heteroatoms. The lowest BCUT2D eigenvalue weighted by Gasteiger charge is -2.28. The summed E-state index contributed by atoms with van der Waals surface area (Å²) in [5, 5.41) is 3.19. The van der Waals surface area contributed by atoms with Crippen LogP contribution in [0.15, 0.2) is 30.3 Å². The fourth-order valence-electron chi connectivity index (χ4n) is 2.95. The van der Waals surface area contributed by atoms with E-state index in [9.17, 15) is 4.79 Å². The van der Waals surface area contributed by atoms with Gasteiger partial charge in [-0.2, -0.15) is 0 Å². The molecule has 0 bridgehead atoms. The highest BCUT2D eigenvalue weighted by Crippen LogP contribution is 2.21. The Labute approximate surface area is 128 Å². The normalized spacial score (nSPS) is 20.7. The summed E-state index contributed by atoms with van der Waals surface area (Å²) in [4.78, 5) is 16.5. The molecule has 1 fully saturated rings. The molecule has 1 aliphatic rings. The fraction of sp³-hybridized carbons (Fsp3) is 0.588. The molecule has 1 aromatic rings. The molecule has 0 spiro atoms. The van der Waals surface area contributed by atoms with E-state index < -0.39 is 0 Å². The highest BCUT2D eigenvalue weighted by atomic mass is 16.2. The van der Waals surface area contributed by atoms with E-state index >= 15 is 0 Å². The summed E-state index contributed by atoms with van der Waals surface area (Å²) in [7, 11) is 3.83. The Morgan fingerprint density at radius 3 is 2.67 bits per heavy atom. The van der Waals surface area contributed by atoms with Gasteiger partial charge in [0.15, 0.2) is 0 Å². The maximum absolute atomic E-state index is 12.1. The fourth-order valence-corrected chi connectivity index (χ4v) is 2.95. The first-order chi connectivity index (χ1) is 10.1. The third kappa shape index (κ3) is 4.83. The van der Waals surface area contributed by atoms with Crippen LogP contribution >= 0.6 is 0 Å². The molecule has 0 aliphatic carbocycles. The largest absolute Gasteiger partial charge is 0.347 e. The Balaban J connectivity index is 2.05. The Kier molecular flexibility index (Phi) is 5.76. The molecule has 1 aromatic carbocycles. The highest BCUT2D eigenvalue weighted by Gasteiger charge is 2.25. The summed E-state index contributed by atoms with van der Waals surface area (Å²) >= 11 is 0. The summed E-state index contributed by atoms with van der Waals surface area (Å²) in [5.41, 5.74) is 1.18. The van der Waals surface area contributed by atoms with Gasteiger partial charge in [0.1, 0.15) is 0 Å². The van der Waals surface area contributed by atoms with Gasteiger partial charge < -0.3 is 10.2 Å². The number of carbonyl (C=O) groups is 1. The first kappa shape index (κ1) is 16.0. The predicted molar refractivity (Wildman–Crippen MR) is 86.1 cm³/mol. The van der Waals surface area contributed by atoms with Crippen LogP contribution < -0.4 is 5.32 Å². The lowest BCUT2D eigenvalue weighted by atomic mass is 10.1. The molecular formula is C17H27N3O.